The third-order valence-corrected chi connectivity index (χ3v) is 2.60. The number of hydrogen-bond acceptors (Lipinski definition) is 5. The molecule has 0 aromatic carbocycles. The second-order valence-electron chi connectivity index (χ2n) is 4.57. The van der Waals surface area contributed by atoms with Crippen molar-refractivity contribution in [2.45, 2.75) is 46.1 Å². The summed E-state index contributed by atoms with van der Waals surface area (Å²) in [5, 5.41) is 15.6. The van der Waals surface area contributed by atoms with Crippen molar-refractivity contribution in [1.82, 2.24) is 9.97 Å². The highest BCUT2D eigenvalue weighted by Crippen LogP contribution is 2.12. The Hall–Kier alpha value is -1.36. The molecule has 0 saturated carbocycles. The zero-order valence-electron chi connectivity index (χ0n) is 11.5. The van der Waals surface area contributed by atoms with Crippen LogP contribution in [0.25, 0.3) is 0 Å². The molecule has 1 heterocycles. The van der Waals surface area contributed by atoms with Crippen LogP contribution < -0.4 is 10.6 Å². The highest BCUT2D eigenvalue weighted by molar-refractivity contribution is 5.46. The predicted molar refractivity (Wildman–Crippen MR) is 75.0 cm³/mol. The van der Waals surface area contributed by atoms with Crippen LogP contribution in [-0.4, -0.2) is 34.3 Å². The number of anilines is 2. The highest BCUT2D eigenvalue weighted by atomic mass is 16.3. The number of hydrogen-bond donors (Lipinski definition) is 3. The van der Waals surface area contributed by atoms with Gasteiger partial charge in [0.15, 0.2) is 0 Å². The fourth-order valence-electron chi connectivity index (χ4n) is 1.55. The van der Waals surface area contributed by atoms with E-state index in [-0.39, 0.29) is 6.10 Å². The first-order valence-electron chi connectivity index (χ1n) is 6.63. The highest BCUT2D eigenvalue weighted by Gasteiger charge is 2.03. The average Bonchev–Trinajstić information content (AvgIpc) is 2.34. The number of aromatic nitrogens is 2. The molecule has 1 aromatic rings. The summed E-state index contributed by atoms with van der Waals surface area (Å²) in [5.41, 5.74) is 1.04. The van der Waals surface area contributed by atoms with E-state index in [0.717, 1.165) is 43.7 Å². The molecule has 0 radical (unpaired) electrons. The van der Waals surface area contributed by atoms with Crippen LogP contribution in [0, 0.1) is 6.92 Å². The molecule has 1 atom stereocenters. The molecule has 1 rings (SSSR count). The second-order valence-corrected chi connectivity index (χ2v) is 4.57. The maximum absolute atomic E-state index is 9.18. The lowest BCUT2D eigenvalue weighted by molar-refractivity contribution is 0.183. The van der Waals surface area contributed by atoms with E-state index in [9.17, 15) is 5.11 Å². The van der Waals surface area contributed by atoms with E-state index < -0.39 is 0 Å². The standard InChI is InChI=1S/C13H24N4O/c1-4-7-15-13-16-9-10(2)12(17-13)14-8-5-6-11(3)18/h9,11,18H,4-8H2,1-3H3,(H2,14,15,16,17). The van der Waals surface area contributed by atoms with Crippen LogP contribution in [0.3, 0.4) is 0 Å². The molecular weight excluding hydrogens is 228 g/mol. The van der Waals surface area contributed by atoms with Crippen LogP contribution in [0.5, 0.6) is 0 Å². The maximum atomic E-state index is 9.18. The molecule has 0 bridgehead atoms. The first-order chi connectivity index (χ1) is 8.63. The van der Waals surface area contributed by atoms with E-state index in [1.807, 2.05) is 20.0 Å². The molecule has 3 N–H and O–H groups in total. The maximum Gasteiger partial charge on any atom is 0.224 e. The van der Waals surface area contributed by atoms with Gasteiger partial charge in [-0.05, 0) is 33.1 Å². The Labute approximate surface area is 109 Å². The minimum Gasteiger partial charge on any atom is -0.393 e. The molecule has 0 aliphatic heterocycles. The summed E-state index contributed by atoms with van der Waals surface area (Å²) < 4.78 is 0. The molecule has 18 heavy (non-hydrogen) atoms. The molecule has 102 valence electrons. The van der Waals surface area contributed by atoms with Crippen molar-refractivity contribution < 1.29 is 5.11 Å². The van der Waals surface area contributed by atoms with E-state index in [0.29, 0.717) is 5.95 Å². The van der Waals surface area contributed by atoms with Crippen LogP contribution >= 0.6 is 0 Å². The Morgan fingerprint density at radius 3 is 2.78 bits per heavy atom. The molecule has 0 amide bonds. The van der Waals surface area contributed by atoms with Gasteiger partial charge in [-0.25, -0.2) is 4.98 Å². The van der Waals surface area contributed by atoms with Crippen molar-refractivity contribution in [1.29, 1.82) is 0 Å². The molecule has 0 aliphatic rings. The summed E-state index contributed by atoms with van der Waals surface area (Å²) in [6.07, 6.45) is 4.37. The minimum absolute atomic E-state index is 0.236. The van der Waals surface area contributed by atoms with Crippen LogP contribution in [0.15, 0.2) is 6.20 Å². The Bertz CT molecular complexity index is 355. The first-order valence-corrected chi connectivity index (χ1v) is 6.63. The topological polar surface area (TPSA) is 70.1 Å². The van der Waals surface area contributed by atoms with E-state index in [4.69, 9.17) is 0 Å². The number of nitrogens with one attached hydrogen (secondary N) is 2. The first kappa shape index (κ1) is 14.7. The van der Waals surface area contributed by atoms with Gasteiger partial charge in [0, 0.05) is 24.8 Å². The summed E-state index contributed by atoms with van der Waals surface area (Å²) in [4.78, 5) is 8.66. The molecule has 1 aromatic heterocycles. The van der Waals surface area contributed by atoms with Crippen molar-refractivity contribution in [3.8, 4) is 0 Å². The third-order valence-electron chi connectivity index (χ3n) is 2.60. The number of aliphatic hydroxyl groups excluding tert-OH is 1. The van der Waals surface area contributed by atoms with Gasteiger partial charge in [-0.1, -0.05) is 6.92 Å². The largest absolute Gasteiger partial charge is 0.393 e. The molecule has 0 saturated heterocycles. The predicted octanol–water partition coefficient (Wildman–Crippen LogP) is 2.18. The lowest BCUT2D eigenvalue weighted by atomic mass is 10.2. The minimum atomic E-state index is -0.236. The van der Waals surface area contributed by atoms with Gasteiger partial charge < -0.3 is 15.7 Å². The van der Waals surface area contributed by atoms with Gasteiger partial charge in [-0.3, -0.25) is 0 Å². The van der Waals surface area contributed by atoms with Gasteiger partial charge in [0.05, 0.1) is 6.10 Å². The third kappa shape index (κ3) is 5.31. The van der Waals surface area contributed by atoms with Gasteiger partial charge in [0.25, 0.3) is 0 Å². The number of rotatable bonds is 8. The normalized spacial score (nSPS) is 12.2. The van der Waals surface area contributed by atoms with Crippen molar-refractivity contribution in [3.63, 3.8) is 0 Å². The fourth-order valence-corrected chi connectivity index (χ4v) is 1.55. The lowest BCUT2D eigenvalue weighted by Crippen LogP contribution is -2.11. The van der Waals surface area contributed by atoms with Gasteiger partial charge in [-0.15, -0.1) is 0 Å². The van der Waals surface area contributed by atoms with E-state index >= 15 is 0 Å². The smallest absolute Gasteiger partial charge is 0.224 e. The quantitative estimate of drug-likeness (QED) is 0.619. The van der Waals surface area contributed by atoms with Crippen LogP contribution in [0.1, 0.15) is 38.7 Å². The lowest BCUT2D eigenvalue weighted by Gasteiger charge is -2.11. The zero-order chi connectivity index (χ0) is 13.4. The Balaban J connectivity index is 2.47. The molecule has 1 unspecified atom stereocenters. The average molecular weight is 252 g/mol. The van der Waals surface area contributed by atoms with Crippen molar-refractivity contribution in [2.24, 2.45) is 0 Å². The van der Waals surface area contributed by atoms with E-state index in [2.05, 4.69) is 27.5 Å². The van der Waals surface area contributed by atoms with Gasteiger partial charge in [0.2, 0.25) is 5.95 Å². The summed E-state index contributed by atoms with van der Waals surface area (Å²) in [7, 11) is 0. The van der Waals surface area contributed by atoms with E-state index in [1.54, 1.807) is 0 Å². The number of nitrogens with zero attached hydrogens (tertiary/aromatic N) is 2. The molecule has 0 fully saturated rings. The van der Waals surface area contributed by atoms with Gasteiger partial charge in [-0.2, -0.15) is 4.98 Å². The van der Waals surface area contributed by atoms with Gasteiger partial charge in [0.1, 0.15) is 5.82 Å². The molecule has 5 heteroatoms. The van der Waals surface area contributed by atoms with Crippen LogP contribution in [-0.2, 0) is 0 Å². The monoisotopic (exact) mass is 252 g/mol. The zero-order valence-corrected chi connectivity index (χ0v) is 11.5. The summed E-state index contributed by atoms with van der Waals surface area (Å²) in [6.45, 7) is 7.60. The number of aliphatic hydroxyl groups is 1. The van der Waals surface area contributed by atoms with Crippen molar-refractivity contribution in [2.75, 3.05) is 23.7 Å². The Morgan fingerprint density at radius 2 is 2.11 bits per heavy atom. The Kier molecular flexibility index (Phi) is 6.43. The molecule has 5 nitrogen and oxygen atoms in total. The van der Waals surface area contributed by atoms with E-state index in [1.165, 1.54) is 0 Å². The Morgan fingerprint density at radius 1 is 1.33 bits per heavy atom. The summed E-state index contributed by atoms with van der Waals surface area (Å²) in [5.74, 6) is 1.54. The SMILES string of the molecule is CCCNc1ncc(C)c(NCCCC(C)O)n1. The summed E-state index contributed by atoms with van der Waals surface area (Å²) >= 11 is 0. The van der Waals surface area contributed by atoms with Crippen molar-refractivity contribution in [3.05, 3.63) is 11.8 Å². The fraction of sp³-hybridized carbons (Fsp3) is 0.692. The van der Waals surface area contributed by atoms with Crippen LogP contribution in [0.2, 0.25) is 0 Å². The molecular formula is C13H24N4O. The van der Waals surface area contributed by atoms with Crippen molar-refractivity contribution >= 4 is 11.8 Å². The van der Waals surface area contributed by atoms with Crippen LogP contribution in [0.4, 0.5) is 11.8 Å². The second kappa shape index (κ2) is 7.87. The summed E-state index contributed by atoms with van der Waals surface area (Å²) in [6, 6.07) is 0. The molecule has 0 aliphatic carbocycles. The van der Waals surface area contributed by atoms with Gasteiger partial charge >= 0.3 is 0 Å². The number of aryl methyl sites for hydroxylation is 1. The molecule has 0 spiro atoms.